The molecule has 1 atom stereocenters. The maximum atomic E-state index is 12.8. The summed E-state index contributed by atoms with van der Waals surface area (Å²) in [7, 11) is 2.99. The standard InChI is InChI=1S/C27H35N7O6/c1-27(2,3)40-26(38)29-14-7-6-8-20(24(36)39-5)33-23(35)17-9-11-18(12-10-17)32-25(37)34-15-13-19-21(28-4)30-16-31-22(19)34/h9-13,15-16,20H,6-8,14H2,1-5H3,(H,29,38)(H,32,37)(H,33,35)(H,28,30,31)/t20-/m0/s1. The molecule has 1 aromatic carbocycles. The Labute approximate surface area is 232 Å². The molecule has 0 unspecified atom stereocenters. The highest BCUT2D eigenvalue weighted by Gasteiger charge is 2.22. The van der Waals surface area contributed by atoms with Crippen molar-refractivity contribution in [1.29, 1.82) is 0 Å². The number of esters is 1. The third kappa shape index (κ3) is 8.16. The first-order valence-corrected chi connectivity index (χ1v) is 12.8. The van der Waals surface area contributed by atoms with Gasteiger partial charge in [-0.05, 0) is 70.4 Å². The van der Waals surface area contributed by atoms with E-state index in [4.69, 9.17) is 9.47 Å². The number of unbranched alkanes of at least 4 members (excludes halogenated alkanes) is 1. The Morgan fingerprint density at radius 2 is 1.75 bits per heavy atom. The van der Waals surface area contributed by atoms with E-state index in [1.807, 2.05) is 0 Å². The number of hydrogen-bond donors (Lipinski definition) is 4. The van der Waals surface area contributed by atoms with Crippen LogP contribution in [0.15, 0.2) is 42.9 Å². The summed E-state index contributed by atoms with van der Waals surface area (Å²) in [6.07, 6.45) is 3.91. The number of aromatic nitrogens is 3. The molecule has 0 saturated heterocycles. The molecule has 0 radical (unpaired) electrons. The van der Waals surface area contributed by atoms with Crippen LogP contribution in [0, 0.1) is 0 Å². The van der Waals surface area contributed by atoms with Gasteiger partial charge >= 0.3 is 18.1 Å². The van der Waals surface area contributed by atoms with Crippen LogP contribution in [-0.2, 0) is 14.3 Å². The molecule has 0 bridgehead atoms. The number of benzene rings is 1. The number of ether oxygens (including phenoxy) is 2. The van der Waals surface area contributed by atoms with Gasteiger partial charge in [0.2, 0.25) is 0 Å². The predicted molar refractivity (Wildman–Crippen MR) is 149 cm³/mol. The zero-order valence-corrected chi connectivity index (χ0v) is 23.2. The van der Waals surface area contributed by atoms with Gasteiger partial charge < -0.3 is 30.7 Å². The normalized spacial score (nSPS) is 11.8. The van der Waals surface area contributed by atoms with Crippen LogP contribution < -0.4 is 21.3 Å². The van der Waals surface area contributed by atoms with Crippen molar-refractivity contribution in [3.63, 3.8) is 0 Å². The molecule has 13 heteroatoms. The second-order valence-corrected chi connectivity index (χ2v) is 9.88. The van der Waals surface area contributed by atoms with Crippen LogP contribution in [0.25, 0.3) is 11.0 Å². The summed E-state index contributed by atoms with van der Waals surface area (Å²) < 4.78 is 11.4. The molecule has 3 rings (SSSR count). The predicted octanol–water partition coefficient (Wildman–Crippen LogP) is 3.52. The molecule has 2 heterocycles. The van der Waals surface area contributed by atoms with Crippen molar-refractivity contribution in [3.05, 3.63) is 48.4 Å². The molecule has 2 aromatic heterocycles. The second-order valence-electron chi connectivity index (χ2n) is 9.88. The lowest BCUT2D eigenvalue weighted by Crippen LogP contribution is -2.41. The fourth-order valence-electron chi connectivity index (χ4n) is 3.81. The number of fused-ring (bicyclic) bond motifs is 1. The highest BCUT2D eigenvalue weighted by atomic mass is 16.6. The molecule has 4 N–H and O–H groups in total. The third-order valence-electron chi connectivity index (χ3n) is 5.71. The fourth-order valence-corrected chi connectivity index (χ4v) is 3.81. The van der Waals surface area contributed by atoms with Crippen LogP contribution in [0.3, 0.4) is 0 Å². The van der Waals surface area contributed by atoms with Gasteiger partial charge in [-0.1, -0.05) is 0 Å². The Bertz CT molecular complexity index is 1350. The zero-order chi connectivity index (χ0) is 29.3. The van der Waals surface area contributed by atoms with Crippen molar-refractivity contribution in [1.82, 2.24) is 25.2 Å². The molecule has 0 saturated carbocycles. The summed E-state index contributed by atoms with van der Waals surface area (Å²) in [5, 5.41) is 11.8. The molecule has 3 amide bonds. The molecule has 0 aliphatic carbocycles. The van der Waals surface area contributed by atoms with Crippen LogP contribution in [0.1, 0.15) is 50.4 Å². The van der Waals surface area contributed by atoms with Gasteiger partial charge in [0.15, 0.2) is 5.65 Å². The van der Waals surface area contributed by atoms with E-state index >= 15 is 0 Å². The smallest absolute Gasteiger partial charge is 0.407 e. The first kappa shape index (κ1) is 29.9. The molecule has 0 aliphatic rings. The highest BCUT2D eigenvalue weighted by molar-refractivity contribution is 6.00. The summed E-state index contributed by atoms with van der Waals surface area (Å²) in [6, 6.07) is 6.70. The summed E-state index contributed by atoms with van der Waals surface area (Å²) in [6.45, 7) is 5.70. The van der Waals surface area contributed by atoms with Gasteiger partial charge in [0, 0.05) is 31.0 Å². The Balaban J connectivity index is 1.53. The molecule has 0 fully saturated rings. The average molecular weight is 554 g/mol. The molecule has 0 aliphatic heterocycles. The zero-order valence-electron chi connectivity index (χ0n) is 23.2. The van der Waals surface area contributed by atoms with E-state index in [-0.39, 0.29) is 0 Å². The number of rotatable bonds is 10. The molecular weight excluding hydrogens is 518 g/mol. The minimum absolute atomic E-state index is 0.302. The molecule has 3 aromatic rings. The van der Waals surface area contributed by atoms with E-state index in [2.05, 4.69) is 31.2 Å². The van der Waals surface area contributed by atoms with Gasteiger partial charge in [-0.25, -0.2) is 24.4 Å². The summed E-state index contributed by atoms with van der Waals surface area (Å²) >= 11 is 0. The number of anilines is 2. The number of alkyl carbamates (subject to hydrolysis) is 1. The number of nitrogens with zero attached hydrogens (tertiary/aromatic N) is 3. The van der Waals surface area contributed by atoms with Crippen molar-refractivity contribution in [2.24, 2.45) is 0 Å². The van der Waals surface area contributed by atoms with Gasteiger partial charge in [-0.15, -0.1) is 0 Å². The lowest BCUT2D eigenvalue weighted by Gasteiger charge is -2.20. The molecule has 214 valence electrons. The van der Waals surface area contributed by atoms with E-state index in [9.17, 15) is 19.2 Å². The van der Waals surface area contributed by atoms with Crippen molar-refractivity contribution in [2.75, 3.05) is 31.3 Å². The van der Waals surface area contributed by atoms with E-state index in [0.29, 0.717) is 53.9 Å². The van der Waals surface area contributed by atoms with E-state index < -0.39 is 35.6 Å². The van der Waals surface area contributed by atoms with Crippen molar-refractivity contribution >= 4 is 46.5 Å². The van der Waals surface area contributed by atoms with Gasteiger partial charge in [-0.2, -0.15) is 0 Å². The number of nitrogens with one attached hydrogen (secondary N) is 4. The van der Waals surface area contributed by atoms with Gasteiger partial charge in [0.1, 0.15) is 23.8 Å². The van der Waals surface area contributed by atoms with Crippen LogP contribution in [-0.4, -0.2) is 70.9 Å². The molecule has 0 spiro atoms. The Morgan fingerprint density at radius 3 is 2.40 bits per heavy atom. The van der Waals surface area contributed by atoms with Gasteiger partial charge in [0.05, 0.1) is 12.5 Å². The fraction of sp³-hybridized carbons (Fsp3) is 0.407. The topological polar surface area (TPSA) is 166 Å². The summed E-state index contributed by atoms with van der Waals surface area (Å²) in [4.78, 5) is 57.9. The average Bonchev–Trinajstić information content (AvgIpc) is 3.35. The minimum Gasteiger partial charge on any atom is -0.467 e. The Kier molecular flexibility index (Phi) is 10.0. The summed E-state index contributed by atoms with van der Waals surface area (Å²) in [5.41, 5.74) is 0.629. The maximum absolute atomic E-state index is 12.8. The monoisotopic (exact) mass is 553 g/mol. The number of amides is 3. The number of carbonyl (C=O) groups is 4. The first-order valence-electron chi connectivity index (χ1n) is 12.8. The van der Waals surface area contributed by atoms with Crippen LogP contribution in [0.2, 0.25) is 0 Å². The Morgan fingerprint density at radius 1 is 1.02 bits per heavy atom. The van der Waals surface area contributed by atoms with Crippen molar-refractivity contribution < 1.29 is 28.7 Å². The second kappa shape index (κ2) is 13.4. The molecular formula is C27H35N7O6. The number of methoxy groups -OCH3 is 1. The minimum atomic E-state index is -0.857. The van der Waals surface area contributed by atoms with Crippen molar-refractivity contribution in [3.8, 4) is 0 Å². The van der Waals surface area contributed by atoms with Crippen LogP contribution in [0.4, 0.5) is 21.1 Å². The number of hydrogen-bond acceptors (Lipinski definition) is 9. The Hall–Kier alpha value is -4.68. The lowest BCUT2D eigenvalue weighted by atomic mass is 10.1. The largest absolute Gasteiger partial charge is 0.467 e. The van der Waals surface area contributed by atoms with E-state index in [1.165, 1.54) is 18.0 Å². The van der Waals surface area contributed by atoms with E-state index in [1.54, 1.807) is 64.3 Å². The van der Waals surface area contributed by atoms with Gasteiger partial charge in [0.25, 0.3) is 5.91 Å². The van der Waals surface area contributed by atoms with E-state index in [0.717, 1.165) is 0 Å². The lowest BCUT2D eigenvalue weighted by molar-refractivity contribution is -0.143. The highest BCUT2D eigenvalue weighted by Crippen LogP contribution is 2.20. The van der Waals surface area contributed by atoms with Crippen LogP contribution >= 0.6 is 0 Å². The quantitative estimate of drug-likeness (QED) is 0.217. The molecule has 13 nitrogen and oxygen atoms in total. The molecule has 40 heavy (non-hydrogen) atoms. The van der Waals surface area contributed by atoms with Crippen LogP contribution in [0.5, 0.6) is 0 Å². The third-order valence-corrected chi connectivity index (χ3v) is 5.71. The SMILES string of the molecule is CNc1ncnc2c1ccn2C(=O)Nc1ccc(C(=O)N[C@@H](CCCCNC(=O)OC(C)(C)C)C(=O)OC)cc1. The first-order chi connectivity index (χ1) is 19.0. The van der Waals surface area contributed by atoms with Crippen molar-refractivity contribution in [2.45, 2.75) is 51.7 Å². The maximum Gasteiger partial charge on any atom is 0.407 e. The van der Waals surface area contributed by atoms with Gasteiger partial charge in [-0.3, -0.25) is 9.36 Å². The number of carbonyl (C=O) groups excluding carboxylic acids is 4. The summed E-state index contributed by atoms with van der Waals surface area (Å²) in [5.74, 6) is -0.427.